The standard InChI is InChI=1S/C27H20Cl2N2O2/c28-20-11-13-21(14-12-20)31-26(30-25-8-4-2-6-23(25)27(31)32)18-9-15-22(16-10-18)33-17-19-5-1-3-7-24(19)29/h1-16,26,30H,17H2. The summed E-state index contributed by atoms with van der Waals surface area (Å²) in [6, 6.07) is 30.1. The summed E-state index contributed by atoms with van der Waals surface area (Å²) >= 11 is 12.3. The van der Waals surface area contributed by atoms with Gasteiger partial charge in [-0.15, -0.1) is 0 Å². The Bertz CT molecular complexity index is 1290. The first-order valence-electron chi connectivity index (χ1n) is 10.5. The van der Waals surface area contributed by atoms with Gasteiger partial charge < -0.3 is 10.1 Å². The lowest BCUT2D eigenvalue weighted by Gasteiger charge is -2.38. The molecule has 0 spiro atoms. The second-order valence-corrected chi connectivity index (χ2v) is 8.54. The molecule has 1 aliphatic heterocycles. The molecular formula is C27H20Cl2N2O2. The van der Waals surface area contributed by atoms with Crippen LogP contribution in [0.2, 0.25) is 10.0 Å². The van der Waals surface area contributed by atoms with Gasteiger partial charge in [0, 0.05) is 27.0 Å². The summed E-state index contributed by atoms with van der Waals surface area (Å²) in [7, 11) is 0. The summed E-state index contributed by atoms with van der Waals surface area (Å²) in [5.41, 5.74) is 4.04. The fourth-order valence-electron chi connectivity index (χ4n) is 3.88. The number of nitrogens with one attached hydrogen (secondary N) is 1. The average molecular weight is 475 g/mol. The fourth-order valence-corrected chi connectivity index (χ4v) is 4.19. The molecule has 33 heavy (non-hydrogen) atoms. The third-order valence-corrected chi connectivity index (χ3v) is 6.20. The molecule has 4 nitrogen and oxygen atoms in total. The number of carbonyl (C=O) groups is 1. The molecule has 6 heteroatoms. The molecule has 5 rings (SSSR count). The number of ether oxygens (including phenoxy) is 1. The lowest BCUT2D eigenvalue weighted by atomic mass is 10.0. The molecule has 1 N–H and O–H groups in total. The second-order valence-electron chi connectivity index (χ2n) is 7.69. The Morgan fingerprint density at radius 2 is 1.52 bits per heavy atom. The molecule has 1 heterocycles. The van der Waals surface area contributed by atoms with Crippen LogP contribution in [-0.4, -0.2) is 5.91 Å². The van der Waals surface area contributed by atoms with E-state index in [0.29, 0.717) is 22.2 Å². The van der Waals surface area contributed by atoms with E-state index in [4.69, 9.17) is 27.9 Å². The van der Waals surface area contributed by atoms with E-state index in [1.54, 1.807) is 17.0 Å². The van der Waals surface area contributed by atoms with Crippen LogP contribution in [-0.2, 0) is 6.61 Å². The zero-order valence-corrected chi connectivity index (χ0v) is 19.1. The first kappa shape index (κ1) is 21.4. The highest BCUT2D eigenvalue weighted by molar-refractivity contribution is 6.31. The lowest BCUT2D eigenvalue weighted by Crippen LogP contribution is -2.43. The van der Waals surface area contributed by atoms with Crippen molar-refractivity contribution in [2.75, 3.05) is 10.2 Å². The highest BCUT2D eigenvalue weighted by atomic mass is 35.5. The molecule has 0 fully saturated rings. The van der Waals surface area contributed by atoms with Crippen LogP contribution in [0.1, 0.15) is 27.7 Å². The molecule has 0 bridgehead atoms. The van der Waals surface area contributed by atoms with E-state index in [2.05, 4.69) is 5.32 Å². The van der Waals surface area contributed by atoms with Gasteiger partial charge >= 0.3 is 0 Å². The predicted molar refractivity (Wildman–Crippen MR) is 133 cm³/mol. The quantitative estimate of drug-likeness (QED) is 0.328. The molecule has 1 aliphatic rings. The molecule has 0 saturated heterocycles. The van der Waals surface area contributed by atoms with Crippen LogP contribution in [0.4, 0.5) is 11.4 Å². The Balaban J connectivity index is 1.43. The van der Waals surface area contributed by atoms with Crippen molar-refractivity contribution in [2.24, 2.45) is 0 Å². The summed E-state index contributed by atoms with van der Waals surface area (Å²) in [5.74, 6) is 0.648. The summed E-state index contributed by atoms with van der Waals surface area (Å²) in [4.78, 5) is 15.2. The molecule has 0 aromatic heterocycles. The number of hydrogen-bond donors (Lipinski definition) is 1. The van der Waals surface area contributed by atoms with Crippen molar-refractivity contribution >= 4 is 40.5 Å². The van der Waals surface area contributed by atoms with Gasteiger partial charge in [-0.2, -0.15) is 0 Å². The van der Waals surface area contributed by atoms with Gasteiger partial charge in [0.1, 0.15) is 18.5 Å². The Kier molecular flexibility index (Phi) is 5.95. The van der Waals surface area contributed by atoms with Crippen LogP contribution in [0.3, 0.4) is 0 Å². The number of para-hydroxylation sites is 1. The molecule has 4 aromatic rings. The van der Waals surface area contributed by atoms with E-state index >= 15 is 0 Å². The topological polar surface area (TPSA) is 41.6 Å². The minimum atomic E-state index is -0.383. The van der Waals surface area contributed by atoms with Crippen molar-refractivity contribution in [1.82, 2.24) is 0 Å². The highest BCUT2D eigenvalue weighted by Crippen LogP contribution is 2.37. The van der Waals surface area contributed by atoms with Crippen LogP contribution >= 0.6 is 23.2 Å². The average Bonchev–Trinajstić information content (AvgIpc) is 2.85. The van der Waals surface area contributed by atoms with Gasteiger partial charge in [0.05, 0.1) is 5.56 Å². The number of carbonyl (C=O) groups excluding carboxylic acids is 1. The number of anilines is 2. The maximum Gasteiger partial charge on any atom is 0.262 e. The number of nitrogens with zero attached hydrogens (tertiary/aromatic N) is 1. The Morgan fingerprint density at radius 3 is 2.27 bits per heavy atom. The van der Waals surface area contributed by atoms with Gasteiger partial charge in [-0.3, -0.25) is 9.69 Å². The lowest BCUT2D eigenvalue weighted by molar-refractivity contribution is 0.0975. The van der Waals surface area contributed by atoms with E-state index in [-0.39, 0.29) is 12.1 Å². The smallest absolute Gasteiger partial charge is 0.262 e. The van der Waals surface area contributed by atoms with Crippen molar-refractivity contribution in [1.29, 1.82) is 0 Å². The van der Waals surface area contributed by atoms with Crippen molar-refractivity contribution in [3.8, 4) is 5.75 Å². The first-order valence-corrected chi connectivity index (χ1v) is 11.3. The zero-order valence-electron chi connectivity index (χ0n) is 17.5. The van der Waals surface area contributed by atoms with Crippen LogP contribution in [0.5, 0.6) is 5.75 Å². The number of hydrogen-bond acceptors (Lipinski definition) is 3. The highest BCUT2D eigenvalue weighted by Gasteiger charge is 2.33. The van der Waals surface area contributed by atoms with Crippen molar-refractivity contribution < 1.29 is 9.53 Å². The molecule has 4 aromatic carbocycles. The molecule has 0 radical (unpaired) electrons. The van der Waals surface area contributed by atoms with E-state index in [9.17, 15) is 4.79 Å². The predicted octanol–water partition coefficient (Wildman–Crippen LogP) is 7.34. The molecule has 164 valence electrons. The minimum absolute atomic E-state index is 0.0734. The van der Waals surface area contributed by atoms with Crippen LogP contribution in [0.15, 0.2) is 97.1 Å². The summed E-state index contributed by atoms with van der Waals surface area (Å²) in [5, 5.41) is 4.80. The molecule has 0 aliphatic carbocycles. The number of benzene rings is 4. The first-order chi connectivity index (χ1) is 16.1. The molecule has 1 unspecified atom stereocenters. The van der Waals surface area contributed by atoms with Gasteiger partial charge in [-0.05, 0) is 60.2 Å². The summed E-state index contributed by atoms with van der Waals surface area (Å²) in [6.45, 7) is 0.378. The SMILES string of the molecule is O=C1c2ccccc2NC(c2ccc(OCc3ccccc3Cl)cc2)N1c1ccc(Cl)cc1. The van der Waals surface area contributed by atoms with E-state index in [1.165, 1.54) is 0 Å². The van der Waals surface area contributed by atoms with E-state index in [1.807, 2.05) is 84.9 Å². The van der Waals surface area contributed by atoms with Gasteiger partial charge in [0.2, 0.25) is 0 Å². The molecule has 0 saturated carbocycles. The van der Waals surface area contributed by atoms with Crippen LogP contribution in [0.25, 0.3) is 0 Å². The number of fused-ring (bicyclic) bond motifs is 1. The zero-order chi connectivity index (χ0) is 22.8. The van der Waals surface area contributed by atoms with Gasteiger partial charge in [0.15, 0.2) is 0 Å². The van der Waals surface area contributed by atoms with Gasteiger partial charge in [0.25, 0.3) is 5.91 Å². The molecule has 1 amide bonds. The van der Waals surface area contributed by atoms with Crippen molar-refractivity contribution in [3.05, 3.63) is 124 Å². The van der Waals surface area contributed by atoms with E-state index in [0.717, 1.165) is 28.3 Å². The largest absolute Gasteiger partial charge is 0.489 e. The fraction of sp³-hybridized carbons (Fsp3) is 0.0741. The Labute approximate surface area is 202 Å². The summed E-state index contributed by atoms with van der Waals surface area (Å²) in [6.07, 6.45) is -0.383. The van der Waals surface area contributed by atoms with Gasteiger partial charge in [-0.1, -0.05) is 65.7 Å². The third-order valence-electron chi connectivity index (χ3n) is 5.58. The maximum absolute atomic E-state index is 13.5. The molecule has 1 atom stereocenters. The van der Waals surface area contributed by atoms with Crippen LogP contribution in [0, 0.1) is 0 Å². The third kappa shape index (κ3) is 4.40. The number of rotatable bonds is 5. The number of amides is 1. The Morgan fingerprint density at radius 1 is 0.818 bits per heavy atom. The number of halogens is 2. The minimum Gasteiger partial charge on any atom is -0.489 e. The van der Waals surface area contributed by atoms with E-state index < -0.39 is 0 Å². The van der Waals surface area contributed by atoms with Gasteiger partial charge in [-0.25, -0.2) is 0 Å². The van der Waals surface area contributed by atoms with Crippen molar-refractivity contribution in [3.63, 3.8) is 0 Å². The Hall–Kier alpha value is -3.47. The maximum atomic E-state index is 13.5. The second kappa shape index (κ2) is 9.18. The normalized spacial score (nSPS) is 15.0. The van der Waals surface area contributed by atoms with Crippen LogP contribution < -0.4 is 15.0 Å². The monoisotopic (exact) mass is 474 g/mol. The van der Waals surface area contributed by atoms with Crippen molar-refractivity contribution in [2.45, 2.75) is 12.8 Å². The molecular weight excluding hydrogens is 455 g/mol. The summed E-state index contributed by atoms with van der Waals surface area (Å²) < 4.78 is 5.92.